The van der Waals surface area contributed by atoms with Crippen molar-refractivity contribution < 1.29 is 4.92 Å². The van der Waals surface area contributed by atoms with Gasteiger partial charge in [0.2, 0.25) is 0 Å². The Morgan fingerprint density at radius 1 is 1.55 bits per heavy atom. The lowest BCUT2D eigenvalue weighted by Crippen LogP contribution is -2.21. The lowest BCUT2D eigenvalue weighted by atomic mass is 10.2. The van der Waals surface area contributed by atoms with E-state index >= 15 is 0 Å². The molecular formula is C12H14BrN5O2. The highest BCUT2D eigenvalue weighted by molar-refractivity contribution is 9.10. The smallest absolute Gasteiger partial charge is 0.283 e. The van der Waals surface area contributed by atoms with Crippen molar-refractivity contribution in [3.63, 3.8) is 0 Å². The summed E-state index contributed by atoms with van der Waals surface area (Å²) in [6.45, 7) is 2.46. The first kappa shape index (κ1) is 14.6. The Hall–Kier alpha value is -1.80. The fourth-order valence-corrected chi connectivity index (χ4v) is 2.43. The molecular weight excluding hydrogens is 326 g/mol. The second kappa shape index (κ2) is 6.10. The molecule has 1 heterocycles. The lowest BCUT2D eigenvalue weighted by molar-refractivity contribution is -0.385. The molecule has 0 spiro atoms. The quantitative estimate of drug-likeness (QED) is 0.667. The van der Waals surface area contributed by atoms with Crippen LogP contribution in [0.4, 0.5) is 5.69 Å². The summed E-state index contributed by atoms with van der Waals surface area (Å²) in [5.41, 5.74) is 0.892. The number of nitro benzene ring substituents is 1. The molecule has 0 saturated heterocycles. The molecule has 0 aliphatic carbocycles. The maximum atomic E-state index is 10.9. The Morgan fingerprint density at radius 2 is 2.30 bits per heavy atom. The SMILES string of the molecule is CC(NCc1cccc([N+](=O)[O-])c1Br)c1nncn1C. The van der Waals surface area contributed by atoms with Crippen molar-refractivity contribution >= 4 is 21.6 Å². The van der Waals surface area contributed by atoms with Crippen LogP contribution in [0.3, 0.4) is 0 Å². The van der Waals surface area contributed by atoms with Crippen LogP contribution in [-0.4, -0.2) is 19.7 Å². The molecule has 8 heteroatoms. The number of aromatic nitrogens is 3. The van der Waals surface area contributed by atoms with Crippen molar-refractivity contribution in [2.45, 2.75) is 19.5 Å². The number of nitro groups is 1. The summed E-state index contributed by atoms with van der Waals surface area (Å²) in [5.74, 6) is 0.812. The largest absolute Gasteiger partial charge is 0.319 e. The molecule has 20 heavy (non-hydrogen) atoms. The first-order valence-corrected chi connectivity index (χ1v) is 6.79. The summed E-state index contributed by atoms with van der Waals surface area (Å²) in [6.07, 6.45) is 1.64. The minimum atomic E-state index is -0.403. The van der Waals surface area contributed by atoms with E-state index in [9.17, 15) is 10.1 Å². The van der Waals surface area contributed by atoms with Crippen molar-refractivity contribution in [3.05, 3.63) is 50.5 Å². The van der Waals surface area contributed by atoms with Crippen LogP contribution >= 0.6 is 15.9 Å². The minimum absolute atomic E-state index is 0.00587. The summed E-state index contributed by atoms with van der Waals surface area (Å²) in [4.78, 5) is 10.5. The topological polar surface area (TPSA) is 85.9 Å². The molecule has 1 aromatic carbocycles. The first-order chi connectivity index (χ1) is 9.50. The van der Waals surface area contributed by atoms with Crippen LogP contribution in [0.25, 0.3) is 0 Å². The van der Waals surface area contributed by atoms with Crippen molar-refractivity contribution in [2.75, 3.05) is 0 Å². The number of halogens is 1. The predicted molar refractivity (Wildman–Crippen MR) is 77.1 cm³/mol. The van der Waals surface area contributed by atoms with Crippen LogP contribution in [0, 0.1) is 10.1 Å². The third-order valence-corrected chi connectivity index (χ3v) is 3.90. The van der Waals surface area contributed by atoms with Gasteiger partial charge in [0, 0.05) is 19.7 Å². The number of hydrogen-bond donors (Lipinski definition) is 1. The molecule has 0 fully saturated rings. The lowest BCUT2D eigenvalue weighted by Gasteiger charge is -2.13. The Kier molecular flexibility index (Phi) is 4.46. The fraction of sp³-hybridized carbons (Fsp3) is 0.333. The Balaban J connectivity index is 2.10. The van der Waals surface area contributed by atoms with E-state index < -0.39 is 4.92 Å². The van der Waals surface area contributed by atoms with E-state index in [4.69, 9.17) is 0 Å². The van der Waals surface area contributed by atoms with Crippen LogP contribution in [0.15, 0.2) is 29.0 Å². The fourth-order valence-electron chi connectivity index (χ4n) is 1.88. The van der Waals surface area contributed by atoms with Gasteiger partial charge in [0.15, 0.2) is 0 Å². The average Bonchev–Trinajstić information content (AvgIpc) is 2.83. The van der Waals surface area contributed by atoms with Crippen molar-refractivity contribution in [2.24, 2.45) is 7.05 Å². The van der Waals surface area contributed by atoms with Crippen molar-refractivity contribution in [1.82, 2.24) is 20.1 Å². The molecule has 1 N–H and O–H groups in total. The number of hydrogen-bond acceptors (Lipinski definition) is 5. The van der Waals surface area contributed by atoms with E-state index in [-0.39, 0.29) is 11.7 Å². The molecule has 1 atom stereocenters. The van der Waals surface area contributed by atoms with E-state index in [1.165, 1.54) is 6.07 Å². The molecule has 0 amide bonds. The van der Waals surface area contributed by atoms with Crippen LogP contribution in [0.2, 0.25) is 0 Å². The first-order valence-electron chi connectivity index (χ1n) is 5.99. The monoisotopic (exact) mass is 339 g/mol. The maximum absolute atomic E-state index is 10.9. The minimum Gasteiger partial charge on any atom is -0.319 e. The molecule has 106 valence electrons. The third-order valence-electron chi connectivity index (χ3n) is 2.99. The highest BCUT2D eigenvalue weighted by atomic mass is 79.9. The Morgan fingerprint density at radius 3 is 2.90 bits per heavy atom. The summed E-state index contributed by atoms with van der Waals surface area (Å²) in [6, 6.07) is 4.98. The van der Waals surface area contributed by atoms with Crippen LogP contribution < -0.4 is 5.32 Å². The zero-order chi connectivity index (χ0) is 14.7. The number of nitrogens with one attached hydrogen (secondary N) is 1. The maximum Gasteiger partial charge on any atom is 0.283 e. The van der Waals surface area contributed by atoms with Gasteiger partial charge in [0.25, 0.3) is 5.69 Å². The van der Waals surface area contributed by atoms with Gasteiger partial charge in [0.05, 0.1) is 15.4 Å². The van der Waals surface area contributed by atoms with E-state index in [2.05, 4.69) is 31.4 Å². The predicted octanol–water partition coefficient (Wildman–Crippen LogP) is 2.34. The normalized spacial score (nSPS) is 12.3. The number of rotatable bonds is 5. The van der Waals surface area contributed by atoms with Gasteiger partial charge < -0.3 is 9.88 Å². The van der Waals surface area contributed by atoms with E-state index in [1.807, 2.05) is 24.6 Å². The Labute approximate surface area is 124 Å². The second-order valence-corrected chi connectivity index (χ2v) is 5.20. The molecule has 2 aromatic rings. The van der Waals surface area contributed by atoms with Gasteiger partial charge in [-0.25, -0.2) is 0 Å². The molecule has 0 saturated carbocycles. The van der Waals surface area contributed by atoms with Gasteiger partial charge in [-0.1, -0.05) is 12.1 Å². The number of nitrogens with zero attached hydrogens (tertiary/aromatic N) is 4. The molecule has 0 aliphatic rings. The molecule has 2 rings (SSSR count). The van der Waals surface area contributed by atoms with E-state index in [1.54, 1.807) is 12.4 Å². The van der Waals surface area contributed by atoms with Crippen LogP contribution in [-0.2, 0) is 13.6 Å². The average molecular weight is 340 g/mol. The second-order valence-electron chi connectivity index (χ2n) is 4.41. The molecule has 7 nitrogen and oxygen atoms in total. The molecule has 0 aliphatic heterocycles. The van der Waals surface area contributed by atoms with Gasteiger partial charge in [-0.15, -0.1) is 10.2 Å². The van der Waals surface area contributed by atoms with Crippen molar-refractivity contribution in [3.8, 4) is 0 Å². The summed E-state index contributed by atoms with van der Waals surface area (Å²) in [5, 5.41) is 22.0. The highest BCUT2D eigenvalue weighted by Crippen LogP contribution is 2.28. The molecule has 0 bridgehead atoms. The van der Waals surface area contributed by atoms with Crippen LogP contribution in [0.1, 0.15) is 24.4 Å². The Bertz CT molecular complexity index is 628. The van der Waals surface area contributed by atoms with E-state index in [0.717, 1.165) is 11.4 Å². The zero-order valence-corrected chi connectivity index (χ0v) is 12.7. The summed E-state index contributed by atoms with van der Waals surface area (Å²) in [7, 11) is 1.87. The van der Waals surface area contributed by atoms with Gasteiger partial charge in [-0.3, -0.25) is 10.1 Å². The molecule has 0 radical (unpaired) electrons. The summed E-state index contributed by atoms with van der Waals surface area (Å²) < 4.78 is 2.34. The van der Waals surface area contributed by atoms with E-state index in [0.29, 0.717) is 11.0 Å². The van der Waals surface area contributed by atoms with Gasteiger partial charge in [0.1, 0.15) is 12.2 Å². The standard InChI is InChI=1S/C12H14BrN5O2/c1-8(12-16-15-7-17(12)2)14-6-9-4-3-5-10(11(9)13)18(19)20/h3-5,7-8,14H,6H2,1-2H3. The summed E-state index contributed by atoms with van der Waals surface area (Å²) >= 11 is 3.28. The molecule has 1 unspecified atom stereocenters. The third kappa shape index (κ3) is 3.02. The molecule has 1 aromatic heterocycles. The van der Waals surface area contributed by atoms with Gasteiger partial charge >= 0.3 is 0 Å². The van der Waals surface area contributed by atoms with Crippen molar-refractivity contribution in [1.29, 1.82) is 0 Å². The van der Waals surface area contributed by atoms with Gasteiger partial charge in [-0.2, -0.15) is 0 Å². The van der Waals surface area contributed by atoms with Gasteiger partial charge in [-0.05, 0) is 28.4 Å². The highest BCUT2D eigenvalue weighted by Gasteiger charge is 2.16. The number of aryl methyl sites for hydroxylation is 1. The number of benzene rings is 1. The zero-order valence-electron chi connectivity index (χ0n) is 11.1. The van der Waals surface area contributed by atoms with Crippen LogP contribution in [0.5, 0.6) is 0 Å².